The number of nitrogens with zero attached hydrogens (tertiary/aromatic N) is 4. The summed E-state index contributed by atoms with van der Waals surface area (Å²) in [4.78, 5) is 29.2. The number of anilines is 1. The van der Waals surface area contributed by atoms with Crippen molar-refractivity contribution in [1.29, 1.82) is 0 Å². The maximum Gasteiger partial charge on any atom is 0.288 e. The molecular weight excluding hydrogens is 368 g/mol. The summed E-state index contributed by atoms with van der Waals surface area (Å²) in [6, 6.07) is 7.95. The summed E-state index contributed by atoms with van der Waals surface area (Å²) >= 11 is 1.11. The fraction of sp³-hybridized carbons (Fsp3) is 0.500. The summed E-state index contributed by atoms with van der Waals surface area (Å²) < 4.78 is 5.41. The molecule has 0 spiro atoms. The highest BCUT2D eigenvalue weighted by Crippen LogP contribution is 2.26. The number of carbonyl (C=O) groups excluding carboxylic acids is 2. The van der Waals surface area contributed by atoms with Crippen molar-refractivity contribution < 1.29 is 19.6 Å². The Morgan fingerprint density at radius 1 is 1.04 bits per heavy atom. The van der Waals surface area contributed by atoms with Crippen molar-refractivity contribution in [3.05, 3.63) is 24.3 Å². The summed E-state index contributed by atoms with van der Waals surface area (Å²) in [6.07, 6.45) is 1.86. The zero-order valence-electron chi connectivity index (χ0n) is 15.1. The van der Waals surface area contributed by atoms with Gasteiger partial charge in [0.05, 0.1) is 11.1 Å². The maximum absolute atomic E-state index is 11.6. The fourth-order valence-electron chi connectivity index (χ4n) is 3.49. The van der Waals surface area contributed by atoms with E-state index in [2.05, 4.69) is 15.0 Å². The van der Waals surface area contributed by atoms with Crippen molar-refractivity contribution in [2.75, 3.05) is 49.9 Å². The third-order valence-corrected chi connectivity index (χ3v) is 5.84. The quantitative estimate of drug-likeness (QED) is 0.688. The Kier molecular flexibility index (Phi) is 6.35. The van der Waals surface area contributed by atoms with Crippen molar-refractivity contribution in [3.8, 4) is 0 Å². The van der Waals surface area contributed by atoms with Crippen LogP contribution in [0.1, 0.15) is 12.8 Å². The standard InChI is InChI=1S/C18H22N4O3S.H2O/c23-16-13-26-18(24)22(16)8-4-3-7-20-9-11-21(12-10-20)17-14-5-1-2-6-15(14)25-19-17;/h1-2,5-6H,3-4,7-13H2;1H2. The van der Waals surface area contributed by atoms with Crippen LogP contribution in [0.25, 0.3) is 11.0 Å². The SMILES string of the molecule is O.O=C1CSC(=O)N1CCCCN1CCN(c2noc3ccccc23)CC1. The van der Waals surface area contributed by atoms with Crippen LogP contribution >= 0.6 is 11.8 Å². The molecule has 1 aromatic carbocycles. The van der Waals surface area contributed by atoms with Crippen LogP contribution in [0.2, 0.25) is 0 Å². The molecule has 0 unspecified atom stereocenters. The van der Waals surface area contributed by atoms with E-state index in [1.807, 2.05) is 24.3 Å². The molecule has 9 heteroatoms. The van der Waals surface area contributed by atoms with Crippen LogP contribution in [0.5, 0.6) is 0 Å². The Balaban J connectivity index is 0.00000210. The highest BCUT2D eigenvalue weighted by molar-refractivity contribution is 8.14. The first-order valence-electron chi connectivity index (χ1n) is 9.01. The zero-order valence-corrected chi connectivity index (χ0v) is 15.9. The van der Waals surface area contributed by atoms with Crippen molar-refractivity contribution in [2.45, 2.75) is 12.8 Å². The molecule has 1 aromatic heterocycles. The second-order valence-corrected chi connectivity index (χ2v) is 7.56. The highest BCUT2D eigenvalue weighted by Gasteiger charge is 2.29. The summed E-state index contributed by atoms with van der Waals surface area (Å²) in [5.74, 6) is 1.19. The summed E-state index contributed by atoms with van der Waals surface area (Å²) in [5, 5.41) is 5.21. The number of benzene rings is 1. The first kappa shape index (κ1) is 19.7. The van der Waals surface area contributed by atoms with Gasteiger partial charge >= 0.3 is 0 Å². The van der Waals surface area contributed by atoms with Crippen LogP contribution in [0.3, 0.4) is 0 Å². The third kappa shape index (κ3) is 4.26. The van der Waals surface area contributed by atoms with Gasteiger partial charge in [-0.05, 0) is 31.5 Å². The minimum absolute atomic E-state index is 0. The molecule has 2 amide bonds. The lowest BCUT2D eigenvalue weighted by Crippen LogP contribution is -2.46. The van der Waals surface area contributed by atoms with Crippen LogP contribution in [0.15, 0.2) is 28.8 Å². The number of hydrogen-bond acceptors (Lipinski definition) is 7. The zero-order chi connectivity index (χ0) is 17.9. The second-order valence-electron chi connectivity index (χ2n) is 6.64. The Morgan fingerprint density at radius 3 is 2.52 bits per heavy atom. The first-order valence-corrected chi connectivity index (χ1v) is 10.00. The van der Waals surface area contributed by atoms with Gasteiger partial charge in [0.25, 0.3) is 5.24 Å². The van der Waals surface area contributed by atoms with Gasteiger partial charge in [-0.3, -0.25) is 19.4 Å². The summed E-state index contributed by atoms with van der Waals surface area (Å²) in [7, 11) is 0. The van der Waals surface area contributed by atoms with Gasteiger partial charge in [-0.1, -0.05) is 29.1 Å². The van der Waals surface area contributed by atoms with Gasteiger partial charge in [0, 0.05) is 32.7 Å². The number of unbranched alkanes of at least 4 members (excludes halogenated alkanes) is 1. The normalized spacial score (nSPS) is 18.4. The van der Waals surface area contributed by atoms with Crippen molar-refractivity contribution in [1.82, 2.24) is 15.0 Å². The van der Waals surface area contributed by atoms with Gasteiger partial charge in [-0.2, -0.15) is 0 Å². The fourth-order valence-corrected chi connectivity index (χ4v) is 4.24. The molecule has 0 saturated carbocycles. The van der Waals surface area contributed by atoms with E-state index >= 15 is 0 Å². The Morgan fingerprint density at radius 2 is 1.78 bits per heavy atom. The first-order chi connectivity index (χ1) is 12.7. The molecule has 2 aliphatic heterocycles. The lowest BCUT2D eigenvalue weighted by molar-refractivity contribution is -0.124. The van der Waals surface area contributed by atoms with Gasteiger partial charge in [0.1, 0.15) is 0 Å². The molecule has 2 aliphatic rings. The highest BCUT2D eigenvalue weighted by atomic mass is 32.2. The van der Waals surface area contributed by atoms with E-state index in [4.69, 9.17) is 4.52 Å². The molecule has 27 heavy (non-hydrogen) atoms. The minimum Gasteiger partial charge on any atom is -0.412 e. The van der Waals surface area contributed by atoms with E-state index in [0.29, 0.717) is 12.3 Å². The van der Waals surface area contributed by atoms with Gasteiger partial charge < -0.3 is 14.9 Å². The predicted octanol–water partition coefficient (Wildman–Crippen LogP) is 1.60. The molecule has 2 fully saturated rings. The molecule has 8 nitrogen and oxygen atoms in total. The number of aromatic nitrogens is 1. The average molecular weight is 392 g/mol. The van der Waals surface area contributed by atoms with E-state index in [9.17, 15) is 9.59 Å². The van der Waals surface area contributed by atoms with Crippen molar-refractivity contribution >= 4 is 39.7 Å². The van der Waals surface area contributed by atoms with Crippen molar-refractivity contribution in [2.24, 2.45) is 0 Å². The largest absolute Gasteiger partial charge is 0.412 e. The van der Waals surface area contributed by atoms with Gasteiger partial charge in [0.15, 0.2) is 11.4 Å². The number of para-hydroxylation sites is 1. The molecule has 2 aromatic rings. The number of hydrogen-bond donors (Lipinski definition) is 0. The smallest absolute Gasteiger partial charge is 0.288 e. The topological polar surface area (TPSA) is 101 Å². The summed E-state index contributed by atoms with van der Waals surface area (Å²) in [6.45, 7) is 5.37. The number of thioether (sulfide) groups is 1. The van der Waals surface area contributed by atoms with Crippen LogP contribution < -0.4 is 4.90 Å². The van der Waals surface area contributed by atoms with E-state index in [0.717, 1.165) is 74.1 Å². The number of fused-ring (bicyclic) bond motifs is 1. The predicted molar refractivity (Wildman–Crippen MR) is 105 cm³/mol. The lowest BCUT2D eigenvalue weighted by atomic mass is 10.2. The van der Waals surface area contributed by atoms with Gasteiger partial charge in [-0.25, -0.2) is 0 Å². The average Bonchev–Trinajstić information content (AvgIpc) is 3.23. The third-order valence-electron chi connectivity index (χ3n) is 4.98. The van der Waals surface area contributed by atoms with E-state index in [-0.39, 0.29) is 16.6 Å². The number of piperazine rings is 1. The van der Waals surface area contributed by atoms with Crippen LogP contribution in [0, 0.1) is 0 Å². The Labute approximate surface area is 161 Å². The molecule has 3 heterocycles. The van der Waals surface area contributed by atoms with E-state index in [1.54, 1.807) is 0 Å². The van der Waals surface area contributed by atoms with Crippen LogP contribution in [0.4, 0.5) is 10.6 Å². The molecule has 2 saturated heterocycles. The number of imide groups is 1. The number of amides is 2. The second kappa shape index (κ2) is 8.73. The Hall–Kier alpha value is -2.10. The maximum atomic E-state index is 11.6. The van der Waals surface area contributed by atoms with E-state index < -0.39 is 0 Å². The lowest BCUT2D eigenvalue weighted by Gasteiger charge is -2.34. The molecular formula is C18H24N4O4S. The Bertz CT molecular complexity index is 788. The monoisotopic (exact) mass is 392 g/mol. The molecule has 0 atom stereocenters. The minimum atomic E-state index is -0.0940. The molecule has 4 rings (SSSR count). The van der Waals surface area contributed by atoms with Crippen LogP contribution in [-0.2, 0) is 4.79 Å². The van der Waals surface area contributed by atoms with Crippen LogP contribution in [-0.4, -0.2) is 76.6 Å². The molecule has 146 valence electrons. The molecule has 0 radical (unpaired) electrons. The van der Waals surface area contributed by atoms with Gasteiger partial charge in [0.2, 0.25) is 5.91 Å². The molecule has 2 N–H and O–H groups in total. The van der Waals surface area contributed by atoms with Gasteiger partial charge in [-0.15, -0.1) is 0 Å². The number of carbonyl (C=O) groups is 2. The number of rotatable bonds is 6. The van der Waals surface area contributed by atoms with Crippen molar-refractivity contribution in [3.63, 3.8) is 0 Å². The molecule has 0 bridgehead atoms. The molecule has 0 aliphatic carbocycles. The summed E-state index contributed by atoms with van der Waals surface area (Å²) in [5.41, 5.74) is 0.828. The van der Waals surface area contributed by atoms with E-state index in [1.165, 1.54) is 4.90 Å².